The lowest BCUT2D eigenvalue weighted by Gasteiger charge is -2.19. The predicted octanol–water partition coefficient (Wildman–Crippen LogP) is 7.50. The molecule has 0 radical (unpaired) electrons. The van der Waals surface area contributed by atoms with Crippen molar-refractivity contribution in [3.8, 4) is 11.5 Å². The van der Waals surface area contributed by atoms with Crippen molar-refractivity contribution in [1.82, 2.24) is 4.98 Å². The fourth-order valence-electron chi connectivity index (χ4n) is 3.32. The second-order valence-electron chi connectivity index (χ2n) is 8.83. The molecule has 0 aliphatic carbocycles. The fourth-order valence-corrected chi connectivity index (χ4v) is 3.52. The number of hydrogen-bond donors (Lipinski definition) is 1. The van der Waals surface area contributed by atoms with E-state index in [4.69, 9.17) is 20.8 Å². The standard InChI is InChI=1S/C26H25ClN2O3/c1-16-5-12-23-22(13-16)29-24(32-23)20-14-19(10-11-21(20)27)28-25(30)31-15-17-6-8-18(9-7-17)26(2,3)4/h5-14H,15H2,1-4H3,(H,28,30). The highest BCUT2D eigenvalue weighted by atomic mass is 35.5. The molecule has 0 bridgehead atoms. The van der Waals surface area contributed by atoms with Gasteiger partial charge in [0.25, 0.3) is 0 Å². The summed E-state index contributed by atoms with van der Waals surface area (Å²) < 4.78 is 11.2. The van der Waals surface area contributed by atoms with Crippen LogP contribution in [0.1, 0.15) is 37.5 Å². The SMILES string of the molecule is Cc1ccc2oc(-c3cc(NC(=O)OCc4ccc(C(C)(C)C)cc4)ccc3Cl)nc2c1. The second kappa shape index (κ2) is 8.67. The lowest BCUT2D eigenvalue weighted by atomic mass is 9.87. The molecular formula is C26H25ClN2O3. The number of carbonyl (C=O) groups is 1. The van der Waals surface area contributed by atoms with Gasteiger partial charge in [-0.1, -0.05) is 62.7 Å². The highest BCUT2D eigenvalue weighted by molar-refractivity contribution is 6.33. The number of benzene rings is 3. The maximum absolute atomic E-state index is 12.3. The third kappa shape index (κ3) is 4.94. The van der Waals surface area contributed by atoms with Crippen LogP contribution in [-0.2, 0) is 16.8 Å². The molecule has 0 saturated carbocycles. The molecule has 6 heteroatoms. The van der Waals surface area contributed by atoms with Gasteiger partial charge in [0.1, 0.15) is 12.1 Å². The first kappa shape index (κ1) is 21.9. The summed E-state index contributed by atoms with van der Waals surface area (Å²) in [6.07, 6.45) is -0.550. The topological polar surface area (TPSA) is 64.4 Å². The minimum atomic E-state index is -0.550. The van der Waals surface area contributed by atoms with Gasteiger partial charge in [-0.15, -0.1) is 0 Å². The average Bonchev–Trinajstić information content (AvgIpc) is 3.16. The number of rotatable bonds is 4. The third-order valence-corrected chi connectivity index (χ3v) is 5.51. The van der Waals surface area contributed by atoms with Crippen LogP contribution >= 0.6 is 11.6 Å². The number of ether oxygens (including phenoxy) is 1. The Labute approximate surface area is 192 Å². The van der Waals surface area contributed by atoms with Crippen molar-refractivity contribution in [3.63, 3.8) is 0 Å². The van der Waals surface area contributed by atoms with E-state index in [1.807, 2.05) is 37.3 Å². The number of anilines is 1. The second-order valence-corrected chi connectivity index (χ2v) is 9.24. The van der Waals surface area contributed by atoms with Crippen molar-refractivity contribution in [1.29, 1.82) is 0 Å². The van der Waals surface area contributed by atoms with Crippen molar-refractivity contribution in [2.45, 2.75) is 39.7 Å². The third-order valence-electron chi connectivity index (χ3n) is 5.18. The Hall–Kier alpha value is -3.31. The van der Waals surface area contributed by atoms with Gasteiger partial charge in [-0.25, -0.2) is 9.78 Å². The Morgan fingerprint density at radius 3 is 2.53 bits per heavy atom. The van der Waals surface area contributed by atoms with Gasteiger partial charge in [-0.2, -0.15) is 0 Å². The van der Waals surface area contributed by atoms with Crippen molar-refractivity contribution in [3.05, 3.63) is 82.4 Å². The van der Waals surface area contributed by atoms with E-state index in [0.717, 1.165) is 16.6 Å². The molecule has 3 aromatic carbocycles. The average molecular weight is 449 g/mol. The predicted molar refractivity (Wildman–Crippen MR) is 128 cm³/mol. The molecule has 0 aliphatic heterocycles. The summed E-state index contributed by atoms with van der Waals surface area (Å²) in [6, 6.07) is 19.0. The van der Waals surface area contributed by atoms with Gasteiger partial charge >= 0.3 is 6.09 Å². The van der Waals surface area contributed by atoms with Crippen molar-refractivity contribution in [2.24, 2.45) is 0 Å². The summed E-state index contributed by atoms with van der Waals surface area (Å²) in [5, 5.41) is 3.22. The number of halogens is 1. The molecule has 4 aromatic rings. The van der Waals surface area contributed by atoms with Gasteiger partial charge in [0, 0.05) is 5.69 Å². The molecular weight excluding hydrogens is 424 g/mol. The Balaban J connectivity index is 1.44. The number of aromatic nitrogens is 1. The Bertz CT molecular complexity index is 1270. The molecule has 164 valence electrons. The molecule has 0 aliphatic rings. The summed E-state index contributed by atoms with van der Waals surface area (Å²) in [7, 11) is 0. The molecule has 1 amide bonds. The Morgan fingerprint density at radius 2 is 1.81 bits per heavy atom. The van der Waals surface area contributed by atoms with E-state index >= 15 is 0 Å². The van der Waals surface area contributed by atoms with Gasteiger partial charge < -0.3 is 9.15 Å². The summed E-state index contributed by atoms with van der Waals surface area (Å²) in [6.45, 7) is 8.66. The zero-order chi connectivity index (χ0) is 22.9. The van der Waals surface area contributed by atoms with E-state index < -0.39 is 6.09 Å². The number of aryl methyl sites for hydroxylation is 1. The van der Waals surface area contributed by atoms with E-state index in [-0.39, 0.29) is 12.0 Å². The van der Waals surface area contributed by atoms with Crippen LogP contribution in [0.3, 0.4) is 0 Å². The van der Waals surface area contributed by atoms with Crippen molar-refractivity contribution >= 4 is 34.5 Å². The molecule has 1 aromatic heterocycles. The first-order chi connectivity index (χ1) is 15.2. The van der Waals surface area contributed by atoms with Crippen LogP contribution in [0.25, 0.3) is 22.6 Å². The zero-order valence-electron chi connectivity index (χ0n) is 18.5. The number of nitrogens with one attached hydrogen (secondary N) is 1. The maximum atomic E-state index is 12.3. The summed E-state index contributed by atoms with van der Waals surface area (Å²) in [5.41, 5.74) is 5.89. The van der Waals surface area contributed by atoms with E-state index in [2.05, 4.69) is 43.2 Å². The number of oxazole rings is 1. The Morgan fingerprint density at radius 1 is 1.06 bits per heavy atom. The van der Waals surface area contributed by atoms with Crippen LogP contribution in [0.2, 0.25) is 5.02 Å². The van der Waals surface area contributed by atoms with E-state index in [0.29, 0.717) is 27.7 Å². The normalized spacial score (nSPS) is 11.5. The zero-order valence-corrected chi connectivity index (χ0v) is 19.3. The quantitative estimate of drug-likeness (QED) is 0.351. The molecule has 1 heterocycles. The molecule has 5 nitrogen and oxygen atoms in total. The molecule has 0 atom stereocenters. The molecule has 4 rings (SSSR count). The van der Waals surface area contributed by atoms with Gasteiger partial charge in [-0.05, 0) is 59.4 Å². The highest BCUT2D eigenvalue weighted by Gasteiger charge is 2.15. The molecule has 0 saturated heterocycles. The van der Waals surface area contributed by atoms with Crippen molar-refractivity contribution < 1.29 is 13.9 Å². The first-order valence-electron chi connectivity index (χ1n) is 10.4. The lowest BCUT2D eigenvalue weighted by Crippen LogP contribution is -2.14. The fraction of sp³-hybridized carbons (Fsp3) is 0.231. The van der Waals surface area contributed by atoms with E-state index in [1.165, 1.54) is 5.56 Å². The van der Waals surface area contributed by atoms with Crippen LogP contribution in [0.5, 0.6) is 0 Å². The minimum Gasteiger partial charge on any atom is -0.444 e. The highest BCUT2D eigenvalue weighted by Crippen LogP contribution is 2.32. The van der Waals surface area contributed by atoms with Gasteiger partial charge in [0.05, 0.1) is 10.6 Å². The number of amides is 1. The maximum Gasteiger partial charge on any atom is 0.411 e. The molecule has 32 heavy (non-hydrogen) atoms. The van der Waals surface area contributed by atoms with Crippen LogP contribution in [0.4, 0.5) is 10.5 Å². The molecule has 0 spiro atoms. The summed E-state index contributed by atoms with van der Waals surface area (Å²) in [4.78, 5) is 16.8. The number of fused-ring (bicyclic) bond motifs is 1. The summed E-state index contributed by atoms with van der Waals surface area (Å²) in [5.74, 6) is 0.395. The van der Waals surface area contributed by atoms with Crippen LogP contribution in [-0.4, -0.2) is 11.1 Å². The van der Waals surface area contributed by atoms with Gasteiger partial charge in [-0.3, -0.25) is 5.32 Å². The lowest BCUT2D eigenvalue weighted by molar-refractivity contribution is 0.155. The van der Waals surface area contributed by atoms with Crippen LogP contribution in [0, 0.1) is 6.92 Å². The largest absolute Gasteiger partial charge is 0.444 e. The smallest absolute Gasteiger partial charge is 0.411 e. The van der Waals surface area contributed by atoms with Gasteiger partial charge in [0.15, 0.2) is 5.58 Å². The van der Waals surface area contributed by atoms with E-state index in [9.17, 15) is 4.79 Å². The van der Waals surface area contributed by atoms with Crippen molar-refractivity contribution in [2.75, 3.05) is 5.32 Å². The van der Waals surface area contributed by atoms with Crippen LogP contribution in [0.15, 0.2) is 65.1 Å². The summed E-state index contributed by atoms with van der Waals surface area (Å²) >= 11 is 6.37. The molecule has 0 fully saturated rings. The van der Waals surface area contributed by atoms with Gasteiger partial charge in [0.2, 0.25) is 5.89 Å². The number of carbonyl (C=O) groups excluding carboxylic acids is 1. The Kier molecular flexibility index (Phi) is 5.94. The number of nitrogens with zero attached hydrogens (tertiary/aromatic N) is 1. The number of hydrogen-bond acceptors (Lipinski definition) is 4. The minimum absolute atomic E-state index is 0.0799. The molecule has 0 unspecified atom stereocenters. The van der Waals surface area contributed by atoms with E-state index in [1.54, 1.807) is 18.2 Å². The first-order valence-corrected chi connectivity index (χ1v) is 10.8. The van der Waals surface area contributed by atoms with Crippen LogP contribution < -0.4 is 5.32 Å². The molecule has 1 N–H and O–H groups in total. The monoisotopic (exact) mass is 448 g/mol.